The number of fused-ring (bicyclic) bond motifs is 1. The van der Waals surface area contributed by atoms with E-state index >= 15 is 0 Å². The van der Waals surface area contributed by atoms with Gasteiger partial charge >= 0.3 is 0 Å². The number of aromatic amines is 1. The van der Waals surface area contributed by atoms with Crippen molar-refractivity contribution < 1.29 is 5.21 Å². The Kier molecular flexibility index (Phi) is 1.28. The summed E-state index contributed by atoms with van der Waals surface area (Å²) in [6, 6.07) is 1.99. The highest BCUT2D eigenvalue weighted by atomic mass is 16.4. The molecule has 1 aliphatic rings. The molecule has 0 bridgehead atoms. The molecule has 0 amide bonds. The highest BCUT2D eigenvalue weighted by Gasteiger charge is 2.08. The molecule has 1 heterocycles. The summed E-state index contributed by atoms with van der Waals surface area (Å²) < 4.78 is 0. The number of nitrogens with zero attached hydrogens (tertiary/aromatic N) is 1. The summed E-state index contributed by atoms with van der Waals surface area (Å²) in [4.78, 5) is 3.08. The van der Waals surface area contributed by atoms with Crippen LogP contribution in [-0.2, 0) is 6.42 Å². The van der Waals surface area contributed by atoms with Crippen molar-refractivity contribution in [3.63, 3.8) is 0 Å². The second-order valence-corrected chi connectivity index (χ2v) is 2.52. The molecule has 0 spiro atoms. The summed E-state index contributed by atoms with van der Waals surface area (Å²) in [5.74, 6) is 0. The Morgan fingerprint density at radius 1 is 1.45 bits per heavy atom. The van der Waals surface area contributed by atoms with Gasteiger partial charge in [0.15, 0.2) is 0 Å². The summed E-state index contributed by atoms with van der Waals surface area (Å²) in [5.41, 5.74) is 3.00. The van der Waals surface area contributed by atoms with Gasteiger partial charge in [0.05, 0.1) is 5.71 Å². The minimum Gasteiger partial charge on any atom is -0.411 e. The van der Waals surface area contributed by atoms with Crippen LogP contribution in [0.5, 0.6) is 0 Å². The molecule has 0 unspecified atom stereocenters. The lowest BCUT2D eigenvalue weighted by Crippen LogP contribution is -2.03. The molecule has 0 saturated carbocycles. The number of H-pyrrole nitrogens is 1. The standard InChI is InChI=1S/C8H8N2O/c11-10-7-1-2-8-6(5-7)3-4-9-8/h1-4,9,11H,5H2. The van der Waals surface area contributed by atoms with Crippen molar-refractivity contribution in [2.75, 3.05) is 0 Å². The molecule has 11 heavy (non-hydrogen) atoms. The Morgan fingerprint density at radius 3 is 3.18 bits per heavy atom. The highest BCUT2D eigenvalue weighted by molar-refractivity contribution is 6.01. The van der Waals surface area contributed by atoms with Crippen molar-refractivity contribution in [1.82, 2.24) is 4.98 Å². The van der Waals surface area contributed by atoms with Crippen LogP contribution in [0.2, 0.25) is 0 Å². The van der Waals surface area contributed by atoms with Crippen LogP contribution in [-0.4, -0.2) is 15.9 Å². The fourth-order valence-electron chi connectivity index (χ4n) is 1.23. The zero-order chi connectivity index (χ0) is 7.68. The highest BCUT2D eigenvalue weighted by Crippen LogP contribution is 2.15. The lowest BCUT2D eigenvalue weighted by Gasteiger charge is -2.04. The van der Waals surface area contributed by atoms with E-state index < -0.39 is 0 Å². The van der Waals surface area contributed by atoms with Gasteiger partial charge in [-0.3, -0.25) is 0 Å². The van der Waals surface area contributed by atoms with Crippen LogP contribution >= 0.6 is 0 Å². The number of aromatic nitrogens is 1. The van der Waals surface area contributed by atoms with Gasteiger partial charge in [0.25, 0.3) is 0 Å². The first-order valence-electron chi connectivity index (χ1n) is 3.45. The SMILES string of the molecule is ON=C1C=Cc2[nH]ccc2C1. The van der Waals surface area contributed by atoms with Crippen LogP contribution < -0.4 is 0 Å². The molecular weight excluding hydrogens is 140 g/mol. The van der Waals surface area contributed by atoms with Crippen molar-refractivity contribution in [3.8, 4) is 0 Å². The van der Waals surface area contributed by atoms with Gasteiger partial charge in [-0.2, -0.15) is 0 Å². The van der Waals surface area contributed by atoms with E-state index in [2.05, 4.69) is 10.1 Å². The van der Waals surface area contributed by atoms with Gasteiger partial charge in [-0.05, 0) is 23.8 Å². The van der Waals surface area contributed by atoms with E-state index in [1.807, 2.05) is 18.3 Å². The van der Waals surface area contributed by atoms with Gasteiger partial charge in [0.2, 0.25) is 0 Å². The minimum absolute atomic E-state index is 0.706. The fourth-order valence-corrected chi connectivity index (χ4v) is 1.23. The van der Waals surface area contributed by atoms with Gasteiger partial charge in [-0.25, -0.2) is 0 Å². The average molecular weight is 148 g/mol. The number of nitrogens with one attached hydrogen (secondary N) is 1. The van der Waals surface area contributed by atoms with E-state index in [0.29, 0.717) is 12.1 Å². The Morgan fingerprint density at radius 2 is 2.36 bits per heavy atom. The molecule has 3 nitrogen and oxygen atoms in total. The van der Waals surface area contributed by atoms with E-state index in [-0.39, 0.29) is 0 Å². The number of rotatable bonds is 0. The molecule has 0 saturated heterocycles. The molecule has 3 heteroatoms. The maximum atomic E-state index is 8.48. The molecule has 1 aromatic heterocycles. The molecule has 0 aromatic carbocycles. The third kappa shape index (κ3) is 0.941. The van der Waals surface area contributed by atoms with E-state index in [4.69, 9.17) is 5.21 Å². The summed E-state index contributed by atoms with van der Waals surface area (Å²) in [6.07, 6.45) is 6.31. The summed E-state index contributed by atoms with van der Waals surface area (Å²) in [5, 5.41) is 11.6. The lowest BCUT2D eigenvalue weighted by molar-refractivity contribution is 0.318. The Bertz CT molecular complexity index is 323. The molecule has 2 N–H and O–H groups in total. The molecule has 0 radical (unpaired) electrons. The smallest absolute Gasteiger partial charge is 0.0840 e. The van der Waals surface area contributed by atoms with Crippen LogP contribution in [0.3, 0.4) is 0 Å². The second-order valence-electron chi connectivity index (χ2n) is 2.52. The van der Waals surface area contributed by atoms with E-state index in [0.717, 1.165) is 5.69 Å². The van der Waals surface area contributed by atoms with E-state index in [1.54, 1.807) is 6.08 Å². The third-order valence-electron chi connectivity index (χ3n) is 1.81. The van der Waals surface area contributed by atoms with Crippen molar-refractivity contribution in [2.24, 2.45) is 5.16 Å². The van der Waals surface area contributed by atoms with E-state index in [9.17, 15) is 0 Å². The van der Waals surface area contributed by atoms with Crippen LogP contribution in [0.25, 0.3) is 6.08 Å². The number of allylic oxidation sites excluding steroid dienone is 1. The molecule has 0 atom stereocenters. The maximum absolute atomic E-state index is 8.48. The molecular formula is C8H8N2O. The Labute approximate surface area is 64.0 Å². The quantitative estimate of drug-likeness (QED) is 0.424. The fraction of sp³-hybridized carbons (Fsp3) is 0.125. The predicted octanol–water partition coefficient (Wildman–Crippen LogP) is 1.41. The number of hydrogen-bond donors (Lipinski definition) is 2. The minimum atomic E-state index is 0.706. The van der Waals surface area contributed by atoms with Gasteiger partial charge < -0.3 is 10.2 Å². The predicted molar refractivity (Wildman–Crippen MR) is 42.8 cm³/mol. The van der Waals surface area contributed by atoms with Crippen molar-refractivity contribution >= 4 is 11.8 Å². The van der Waals surface area contributed by atoms with Gasteiger partial charge in [0.1, 0.15) is 0 Å². The molecule has 0 aliphatic heterocycles. The third-order valence-corrected chi connectivity index (χ3v) is 1.81. The summed E-state index contributed by atoms with van der Waals surface area (Å²) in [6.45, 7) is 0. The molecule has 1 aromatic rings. The van der Waals surface area contributed by atoms with Crippen LogP contribution in [0.1, 0.15) is 11.3 Å². The van der Waals surface area contributed by atoms with Crippen LogP contribution in [0.15, 0.2) is 23.5 Å². The Balaban J connectivity index is 2.43. The molecule has 0 fully saturated rings. The van der Waals surface area contributed by atoms with Crippen molar-refractivity contribution in [1.29, 1.82) is 0 Å². The summed E-state index contributed by atoms with van der Waals surface area (Å²) >= 11 is 0. The monoisotopic (exact) mass is 148 g/mol. The molecule has 56 valence electrons. The van der Waals surface area contributed by atoms with Crippen molar-refractivity contribution in [3.05, 3.63) is 29.6 Å². The average Bonchev–Trinajstić information content (AvgIpc) is 2.50. The zero-order valence-electron chi connectivity index (χ0n) is 5.91. The van der Waals surface area contributed by atoms with Gasteiger partial charge in [-0.1, -0.05) is 5.16 Å². The second kappa shape index (κ2) is 2.27. The number of oxime groups is 1. The number of hydrogen-bond acceptors (Lipinski definition) is 2. The van der Waals surface area contributed by atoms with Gasteiger partial charge in [0, 0.05) is 18.3 Å². The Hall–Kier alpha value is -1.51. The topological polar surface area (TPSA) is 48.4 Å². The molecule has 1 aliphatic carbocycles. The first-order chi connectivity index (χ1) is 5.40. The largest absolute Gasteiger partial charge is 0.411 e. The van der Waals surface area contributed by atoms with Crippen molar-refractivity contribution in [2.45, 2.75) is 6.42 Å². The van der Waals surface area contributed by atoms with Crippen LogP contribution in [0, 0.1) is 0 Å². The maximum Gasteiger partial charge on any atom is 0.0840 e. The first kappa shape index (κ1) is 6.22. The summed E-state index contributed by atoms with van der Waals surface area (Å²) in [7, 11) is 0. The molecule has 2 rings (SSSR count). The lowest BCUT2D eigenvalue weighted by atomic mass is 10.0. The van der Waals surface area contributed by atoms with Gasteiger partial charge in [-0.15, -0.1) is 0 Å². The van der Waals surface area contributed by atoms with E-state index in [1.165, 1.54) is 5.56 Å². The zero-order valence-corrected chi connectivity index (χ0v) is 5.91. The first-order valence-corrected chi connectivity index (χ1v) is 3.45. The normalized spacial score (nSPS) is 18.7. The van der Waals surface area contributed by atoms with Crippen LogP contribution in [0.4, 0.5) is 0 Å².